The fraction of sp³-hybridized carbons (Fsp3) is 0.370. The van der Waals surface area contributed by atoms with Crippen molar-refractivity contribution < 1.29 is 19.4 Å². The second-order valence-corrected chi connectivity index (χ2v) is 8.00. The first kappa shape index (κ1) is 23.6. The van der Waals surface area contributed by atoms with Gasteiger partial charge in [0, 0.05) is 29.8 Å². The van der Waals surface area contributed by atoms with E-state index in [2.05, 4.69) is 6.58 Å². The first-order chi connectivity index (χ1) is 15.4. The Labute approximate surface area is 191 Å². The minimum absolute atomic E-state index is 0.0511. The summed E-state index contributed by atoms with van der Waals surface area (Å²) in [5, 5.41) is 9.66. The van der Waals surface area contributed by atoms with Gasteiger partial charge in [0.05, 0.1) is 6.10 Å². The highest BCUT2D eigenvalue weighted by atomic mass is 16.7. The number of piperidine rings is 1. The van der Waals surface area contributed by atoms with Gasteiger partial charge < -0.3 is 19.5 Å². The molecule has 0 bridgehead atoms. The maximum Gasteiger partial charge on any atom is 0.301 e. The number of hydrogen-bond acceptors (Lipinski definition) is 4. The van der Waals surface area contributed by atoms with Crippen LogP contribution < -0.4 is 9.47 Å². The quantitative estimate of drug-likeness (QED) is 0.648. The number of aliphatic hydroxyl groups excluding tert-OH is 1. The first-order valence-electron chi connectivity index (χ1n) is 11.3. The monoisotopic (exact) mass is 435 g/mol. The molecule has 0 aromatic heterocycles. The van der Waals surface area contributed by atoms with Crippen LogP contribution in [0.4, 0.5) is 0 Å². The van der Waals surface area contributed by atoms with Crippen molar-refractivity contribution >= 4 is 5.91 Å². The van der Waals surface area contributed by atoms with E-state index in [1.165, 1.54) is 0 Å². The molecule has 1 unspecified atom stereocenters. The van der Waals surface area contributed by atoms with Crippen molar-refractivity contribution in [2.45, 2.75) is 51.9 Å². The van der Waals surface area contributed by atoms with Gasteiger partial charge in [-0.1, -0.05) is 56.0 Å². The number of amides is 1. The van der Waals surface area contributed by atoms with Crippen LogP contribution in [0, 0.1) is 0 Å². The van der Waals surface area contributed by atoms with Gasteiger partial charge in [0.1, 0.15) is 0 Å². The van der Waals surface area contributed by atoms with Gasteiger partial charge in [-0.3, -0.25) is 4.79 Å². The number of aliphatic hydroxyl groups is 1. The van der Waals surface area contributed by atoms with Crippen LogP contribution in [0.25, 0.3) is 0 Å². The summed E-state index contributed by atoms with van der Waals surface area (Å²) in [6.45, 7) is 11.3. The fourth-order valence-electron chi connectivity index (χ4n) is 3.74. The van der Waals surface area contributed by atoms with Crippen molar-refractivity contribution in [3.05, 3.63) is 84.0 Å². The van der Waals surface area contributed by atoms with Crippen molar-refractivity contribution in [1.29, 1.82) is 0 Å². The molecular formula is C27H33NO4. The molecule has 1 fully saturated rings. The SMILES string of the molecule is C/C=C\C.C=C(CC)C1(c2ccccc2)Oc2ccc(C(=O)N3CCC(O)CC3)cc2O1. The lowest BCUT2D eigenvalue weighted by molar-refractivity contribution is -0.0517. The van der Waals surface area contributed by atoms with Gasteiger partial charge in [-0.15, -0.1) is 0 Å². The number of hydrogen-bond donors (Lipinski definition) is 1. The summed E-state index contributed by atoms with van der Waals surface area (Å²) in [5.74, 6) is 0.0187. The van der Waals surface area contributed by atoms with E-state index in [1.807, 2.05) is 63.3 Å². The number of benzene rings is 2. The van der Waals surface area contributed by atoms with Crippen LogP contribution in [0.5, 0.6) is 11.5 Å². The van der Waals surface area contributed by atoms with E-state index in [-0.39, 0.29) is 12.0 Å². The first-order valence-corrected chi connectivity index (χ1v) is 11.3. The molecule has 2 aliphatic rings. The standard InChI is InChI=1S/C23H25NO4.C4H8/c1-3-16(2)23(18-7-5-4-6-8-18)27-20-10-9-17(15-21(20)28-23)22(26)24-13-11-19(25)12-14-24;1-3-4-2/h4-10,15,19,25H,2-3,11-14H2,1H3;3-4H,1-2H3/b;4-3-. The minimum atomic E-state index is -1.07. The van der Waals surface area contributed by atoms with Crippen molar-refractivity contribution in [3.63, 3.8) is 0 Å². The van der Waals surface area contributed by atoms with E-state index in [9.17, 15) is 9.90 Å². The van der Waals surface area contributed by atoms with Gasteiger partial charge in [-0.25, -0.2) is 0 Å². The molecule has 2 aliphatic heterocycles. The molecule has 2 heterocycles. The number of carbonyl (C=O) groups is 1. The smallest absolute Gasteiger partial charge is 0.301 e. The Hall–Kier alpha value is -3.05. The summed E-state index contributed by atoms with van der Waals surface area (Å²) in [6, 6.07) is 15.0. The summed E-state index contributed by atoms with van der Waals surface area (Å²) in [7, 11) is 0. The molecule has 5 heteroatoms. The number of carbonyl (C=O) groups excluding carboxylic acids is 1. The maximum atomic E-state index is 12.9. The summed E-state index contributed by atoms with van der Waals surface area (Å²) in [5.41, 5.74) is 2.24. The van der Waals surface area contributed by atoms with Gasteiger partial charge >= 0.3 is 5.79 Å². The molecule has 0 spiro atoms. The van der Waals surface area contributed by atoms with Crippen LogP contribution in [0.15, 0.2) is 72.8 Å². The second-order valence-electron chi connectivity index (χ2n) is 8.00. The molecule has 1 saturated heterocycles. The number of fused-ring (bicyclic) bond motifs is 1. The molecule has 0 saturated carbocycles. The topological polar surface area (TPSA) is 59.0 Å². The lowest BCUT2D eigenvalue weighted by Gasteiger charge is -2.30. The third kappa shape index (κ3) is 4.89. The van der Waals surface area contributed by atoms with Crippen LogP contribution in [0.1, 0.15) is 56.0 Å². The minimum Gasteiger partial charge on any atom is -0.441 e. The molecule has 170 valence electrons. The molecule has 4 rings (SSSR count). The number of nitrogens with zero attached hydrogens (tertiary/aromatic N) is 1. The van der Waals surface area contributed by atoms with Crippen LogP contribution in [-0.4, -0.2) is 35.1 Å². The van der Waals surface area contributed by atoms with Crippen LogP contribution in [0.2, 0.25) is 0 Å². The Morgan fingerprint density at radius 1 is 1.09 bits per heavy atom. The number of rotatable bonds is 4. The molecule has 0 aliphatic carbocycles. The molecule has 1 atom stereocenters. The summed E-state index contributed by atoms with van der Waals surface area (Å²) in [4.78, 5) is 14.6. The van der Waals surface area contributed by atoms with Crippen molar-refractivity contribution in [1.82, 2.24) is 4.90 Å². The van der Waals surface area contributed by atoms with E-state index < -0.39 is 5.79 Å². The second kappa shape index (κ2) is 10.5. The predicted octanol–water partition coefficient (Wildman–Crippen LogP) is 5.46. The molecule has 2 aromatic carbocycles. The zero-order valence-electron chi connectivity index (χ0n) is 19.2. The molecule has 1 amide bonds. The van der Waals surface area contributed by atoms with Crippen LogP contribution >= 0.6 is 0 Å². The van der Waals surface area contributed by atoms with Crippen molar-refractivity contribution in [2.24, 2.45) is 0 Å². The maximum absolute atomic E-state index is 12.9. The van der Waals surface area contributed by atoms with Crippen LogP contribution in [0.3, 0.4) is 0 Å². The normalized spacial score (nSPS) is 20.1. The Kier molecular flexibility index (Phi) is 7.75. The average molecular weight is 436 g/mol. The summed E-state index contributed by atoms with van der Waals surface area (Å²) >= 11 is 0. The summed E-state index contributed by atoms with van der Waals surface area (Å²) in [6.07, 6.45) is 5.62. The van der Waals surface area contributed by atoms with Gasteiger partial charge in [-0.05, 0) is 51.3 Å². The molecule has 32 heavy (non-hydrogen) atoms. The van der Waals surface area contributed by atoms with E-state index in [4.69, 9.17) is 9.47 Å². The number of ether oxygens (including phenoxy) is 2. The fourth-order valence-corrected chi connectivity index (χ4v) is 3.74. The van der Waals surface area contributed by atoms with Gasteiger partial charge in [0.25, 0.3) is 5.91 Å². The van der Waals surface area contributed by atoms with Gasteiger partial charge in [-0.2, -0.15) is 0 Å². The number of allylic oxidation sites excluding steroid dienone is 2. The number of likely N-dealkylation sites (tertiary alicyclic amines) is 1. The average Bonchev–Trinajstić information content (AvgIpc) is 3.24. The van der Waals surface area contributed by atoms with Crippen molar-refractivity contribution in [3.8, 4) is 11.5 Å². The largest absolute Gasteiger partial charge is 0.441 e. The zero-order valence-corrected chi connectivity index (χ0v) is 19.2. The highest BCUT2D eigenvalue weighted by Gasteiger charge is 2.45. The third-order valence-corrected chi connectivity index (χ3v) is 5.83. The zero-order chi connectivity index (χ0) is 23.1. The Bertz CT molecular complexity index is 957. The predicted molar refractivity (Wildman–Crippen MR) is 127 cm³/mol. The lowest BCUT2D eigenvalue weighted by atomic mass is 9.96. The van der Waals surface area contributed by atoms with Gasteiger partial charge in [0.15, 0.2) is 11.5 Å². The highest BCUT2D eigenvalue weighted by molar-refractivity contribution is 5.95. The Morgan fingerprint density at radius 3 is 2.31 bits per heavy atom. The Morgan fingerprint density at radius 2 is 1.72 bits per heavy atom. The third-order valence-electron chi connectivity index (χ3n) is 5.83. The van der Waals surface area contributed by atoms with Crippen LogP contribution in [-0.2, 0) is 5.79 Å². The van der Waals surface area contributed by atoms with Gasteiger partial charge in [0.2, 0.25) is 0 Å². The molecule has 1 N–H and O–H groups in total. The van der Waals surface area contributed by atoms with E-state index in [1.54, 1.807) is 23.1 Å². The molecule has 2 aromatic rings. The summed E-state index contributed by atoms with van der Waals surface area (Å²) < 4.78 is 12.5. The highest BCUT2D eigenvalue weighted by Crippen LogP contribution is 2.48. The van der Waals surface area contributed by atoms with Crippen molar-refractivity contribution in [2.75, 3.05) is 13.1 Å². The Balaban J connectivity index is 0.000000668. The van der Waals surface area contributed by atoms with E-state index in [0.717, 1.165) is 11.1 Å². The molecule has 5 nitrogen and oxygen atoms in total. The molecule has 0 radical (unpaired) electrons. The van der Waals surface area contributed by atoms with E-state index in [0.29, 0.717) is 49.4 Å². The van der Waals surface area contributed by atoms with E-state index >= 15 is 0 Å². The molecular weight excluding hydrogens is 402 g/mol. The lowest BCUT2D eigenvalue weighted by Crippen LogP contribution is -2.40.